The molecule has 1 aromatic carbocycles. The van der Waals surface area contributed by atoms with E-state index >= 15 is 0 Å². The molecule has 0 aliphatic rings. The Bertz CT molecular complexity index is 823. The lowest BCUT2D eigenvalue weighted by Crippen LogP contribution is -1.88. The van der Waals surface area contributed by atoms with E-state index in [-0.39, 0.29) is 0 Å². The minimum Gasteiger partial charge on any atom is -0.255 e. The molecule has 0 aliphatic carbocycles. The van der Waals surface area contributed by atoms with Crippen LogP contribution < -0.4 is 0 Å². The standard InChI is InChI=1S/C20H18N2S/c1-15-9-11-21-19(13-15)20-14-17(10-12-22-20)4-3-16-5-7-18(23-2)8-6-16/h3-14H,1-2H3/b4-3+. The second-order valence-corrected chi connectivity index (χ2v) is 6.18. The molecule has 0 saturated heterocycles. The van der Waals surface area contributed by atoms with E-state index in [4.69, 9.17) is 0 Å². The molecule has 2 aromatic heterocycles. The maximum absolute atomic E-state index is 4.43. The minimum absolute atomic E-state index is 0.897. The van der Waals surface area contributed by atoms with Gasteiger partial charge in [-0.25, -0.2) is 0 Å². The maximum Gasteiger partial charge on any atom is 0.0892 e. The molecule has 0 fully saturated rings. The van der Waals surface area contributed by atoms with Crippen LogP contribution in [0.25, 0.3) is 23.5 Å². The van der Waals surface area contributed by atoms with E-state index in [9.17, 15) is 0 Å². The zero-order valence-corrected chi connectivity index (χ0v) is 14.0. The lowest BCUT2D eigenvalue weighted by atomic mass is 10.1. The topological polar surface area (TPSA) is 25.8 Å². The summed E-state index contributed by atoms with van der Waals surface area (Å²) < 4.78 is 0. The van der Waals surface area contributed by atoms with Gasteiger partial charge < -0.3 is 0 Å². The lowest BCUT2D eigenvalue weighted by Gasteiger charge is -2.02. The smallest absolute Gasteiger partial charge is 0.0892 e. The summed E-state index contributed by atoms with van der Waals surface area (Å²) >= 11 is 1.75. The number of rotatable bonds is 4. The van der Waals surface area contributed by atoms with Crippen molar-refractivity contribution < 1.29 is 0 Å². The van der Waals surface area contributed by atoms with Crippen LogP contribution >= 0.6 is 11.8 Å². The molecule has 0 N–H and O–H groups in total. The van der Waals surface area contributed by atoms with Gasteiger partial charge in [-0.05, 0) is 66.3 Å². The van der Waals surface area contributed by atoms with Crippen molar-refractivity contribution >= 4 is 23.9 Å². The largest absolute Gasteiger partial charge is 0.255 e. The Labute approximate surface area is 141 Å². The molecular weight excluding hydrogens is 300 g/mol. The summed E-state index contributed by atoms with van der Waals surface area (Å²) in [4.78, 5) is 10.1. The minimum atomic E-state index is 0.897. The third kappa shape index (κ3) is 4.08. The Morgan fingerprint density at radius 3 is 2.13 bits per heavy atom. The molecule has 0 aliphatic heterocycles. The lowest BCUT2D eigenvalue weighted by molar-refractivity contribution is 1.23. The molecule has 3 aromatic rings. The molecule has 0 atom stereocenters. The van der Waals surface area contributed by atoms with E-state index in [1.165, 1.54) is 16.0 Å². The summed E-state index contributed by atoms with van der Waals surface area (Å²) in [5, 5.41) is 0. The fourth-order valence-corrected chi connectivity index (χ4v) is 2.68. The second-order valence-electron chi connectivity index (χ2n) is 5.30. The maximum atomic E-state index is 4.43. The Balaban J connectivity index is 1.83. The van der Waals surface area contributed by atoms with Crippen LogP contribution in [0.2, 0.25) is 0 Å². The van der Waals surface area contributed by atoms with E-state index in [1.54, 1.807) is 11.8 Å². The number of thioether (sulfide) groups is 1. The molecule has 23 heavy (non-hydrogen) atoms. The normalized spacial score (nSPS) is 11.0. The first-order valence-electron chi connectivity index (χ1n) is 7.46. The van der Waals surface area contributed by atoms with Crippen LogP contribution in [0.5, 0.6) is 0 Å². The summed E-state index contributed by atoms with van der Waals surface area (Å²) in [5.74, 6) is 0. The number of nitrogens with zero attached hydrogens (tertiary/aromatic N) is 2. The van der Waals surface area contributed by atoms with E-state index in [1.807, 2.05) is 24.5 Å². The highest BCUT2D eigenvalue weighted by Crippen LogP contribution is 2.19. The van der Waals surface area contributed by atoms with Crippen molar-refractivity contribution in [1.29, 1.82) is 0 Å². The summed E-state index contributed by atoms with van der Waals surface area (Å²) in [7, 11) is 0. The van der Waals surface area contributed by atoms with Gasteiger partial charge in [0.05, 0.1) is 11.4 Å². The molecule has 3 heteroatoms. The highest BCUT2D eigenvalue weighted by atomic mass is 32.2. The number of benzene rings is 1. The van der Waals surface area contributed by atoms with Gasteiger partial charge in [0.2, 0.25) is 0 Å². The van der Waals surface area contributed by atoms with Gasteiger partial charge in [0.25, 0.3) is 0 Å². The molecule has 0 saturated carbocycles. The Kier molecular flexibility index (Phi) is 4.89. The highest BCUT2D eigenvalue weighted by molar-refractivity contribution is 7.98. The van der Waals surface area contributed by atoms with Gasteiger partial charge in [-0.1, -0.05) is 24.3 Å². The van der Waals surface area contributed by atoms with Gasteiger partial charge in [0.15, 0.2) is 0 Å². The van der Waals surface area contributed by atoms with Crippen molar-refractivity contribution in [3.8, 4) is 11.4 Å². The molecule has 2 nitrogen and oxygen atoms in total. The molecule has 0 spiro atoms. The van der Waals surface area contributed by atoms with Crippen molar-refractivity contribution in [2.24, 2.45) is 0 Å². The highest BCUT2D eigenvalue weighted by Gasteiger charge is 2.01. The summed E-state index contributed by atoms with van der Waals surface area (Å²) in [5.41, 5.74) is 5.30. The molecule has 2 heterocycles. The van der Waals surface area contributed by atoms with Crippen molar-refractivity contribution in [3.05, 3.63) is 77.6 Å². The molecule has 114 valence electrons. The number of aromatic nitrogens is 2. The Morgan fingerprint density at radius 1 is 0.783 bits per heavy atom. The summed E-state index contributed by atoms with van der Waals surface area (Å²) in [6.07, 6.45) is 9.96. The average molecular weight is 318 g/mol. The van der Waals surface area contributed by atoms with Gasteiger partial charge in [-0.2, -0.15) is 0 Å². The first kappa shape index (κ1) is 15.5. The van der Waals surface area contributed by atoms with E-state index in [2.05, 4.69) is 71.7 Å². The molecule has 3 rings (SSSR count). The fraction of sp³-hybridized carbons (Fsp3) is 0.100. The first-order chi connectivity index (χ1) is 11.2. The predicted octanol–water partition coefficient (Wildman–Crippen LogP) is 5.34. The SMILES string of the molecule is CSc1ccc(/C=C/c2ccnc(-c3cc(C)ccn3)c2)cc1. The number of aryl methyl sites for hydroxylation is 1. The monoisotopic (exact) mass is 318 g/mol. The van der Waals surface area contributed by atoms with Crippen LogP contribution in [0.4, 0.5) is 0 Å². The van der Waals surface area contributed by atoms with Crippen LogP contribution in [-0.4, -0.2) is 16.2 Å². The van der Waals surface area contributed by atoms with Crippen molar-refractivity contribution in [2.45, 2.75) is 11.8 Å². The molecule has 0 bridgehead atoms. The van der Waals surface area contributed by atoms with E-state index < -0.39 is 0 Å². The second kappa shape index (κ2) is 7.25. The van der Waals surface area contributed by atoms with Crippen LogP contribution in [0.1, 0.15) is 16.7 Å². The average Bonchev–Trinajstić information content (AvgIpc) is 2.61. The zero-order chi connectivity index (χ0) is 16.1. The molecular formula is C20H18N2S. The molecule has 0 amide bonds. The zero-order valence-electron chi connectivity index (χ0n) is 13.2. The fourth-order valence-electron chi connectivity index (χ4n) is 2.27. The third-order valence-electron chi connectivity index (χ3n) is 3.55. The van der Waals surface area contributed by atoms with Crippen LogP contribution in [0.15, 0.2) is 65.8 Å². The van der Waals surface area contributed by atoms with Crippen LogP contribution in [0, 0.1) is 6.92 Å². The molecule has 0 radical (unpaired) electrons. The van der Waals surface area contributed by atoms with Gasteiger partial charge in [-0.15, -0.1) is 11.8 Å². The van der Waals surface area contributed by atoms with E-state index in [0.29, 0.717) is 0 Å². The molecule has 0 unspecified atom stereocenters. The van der Waals surface area contributed by atoms with Gasteiger partial charge >= 0.3 is 0 Å². The Morgan fingerprint density at radius 2 is 1.43 bits per heavy atom. The summed E-state index contributed by atoms with van der Waals surface area (Å²) in [6, 6.07) is 16.7. The predicted molar refractivity (Wildman–Crippen MR) is 99.4 cm³/mol. The number of hydrogen-bond donors (Lipinski definition) is 0. The van der Waals surface area contributed by atoms with Gasteiger partial charge in [-0.3, -0.25) is 9.97 Å². The number of hydrogen-bond acceptors (Lipinski definition) is 3. The van der Waals surface area contributed by atoms with Crippen molar-refractivity contribution in [1.82, 2.24) is 9.97 Å². The quantitative estimate of drug-likeness (QED) is 0.607. The van der Waals surface area contributed by atoms with Crippen LogP contribution in [-0.2, 0) is 0 Å². The van der Waals surface area contributed by atoms with Gasteiger partial charge in [0.1, 0.15) is 0 Å². The third-order valence-corrected chi connectivity index (χ3v) is 4.29. The van der Waals surface area contributed by atoms with Crippen LogP contribution in [0.3, 0.4) is 0 Å². The number of pyridine rings is 2. The summed E-state index contributed by atoms with van der Waals surface area (Å²) in [6.45, 7) is 2.06. The van der Waals surface area contributed by atoms with E-state index in [0.717, 1.165) is 17.0 Å². The first-order valence-corrected chi connectivity index (χ1v) is 8.68. The van der Waals surface area contributed by atoms with Gasteiger partial charge in [0, 0.05) is 17.3 Å². The van der Waals surface area contributed by atoms with Crippen molar-refractivity contribution in [2.75, 3.05) is 6.26 Å². The Hall–Kier alpha value is -2.39. The van der Waals surface area contributed by atoms with Crippen molar-refractivity contribution in [3.63, 3.8) is 0 Å².